The Hall–Kier alpha value is -1.39. The van der Waals surface area contributed by atoms with Crippen molar-refractivity contribution < 1.29 is 9.90 Å². The molecule has 1 unspecified atom stereocenters. The van der Waals surface area contributed by atoms with E-state index in [1.807, 2.05) is 18.2 Å². The molecule has 1 heterocycles. The third kappa shape index (κ3) is 4.04. The number of nitrogens with one attached hydrogen (secondary N) is 1. The average molecular weight is 262 g/mol. The number of nitrogens with zero attached hydrogens (tertiary/aromatic N) is 1. The van der Waals surface area contributed by atoms with Crippen molar-refractivity contribution >= 4 is 5.91 Å². The summed E-state index contributed by atoms with van der Waals surface area (Å²) in [5.74, 6) is 0.0247. The van der Waals surface area contributed by atoms with E-state index in [4.69, 9.17) is 0 Å². The SMILES string of the molecule is CC(=O)NCCCN1CCC(O)c2ccccc2C1. The smallest absolute Gasteiger partial charge is 0.216 e. The minimum absolute atomic E-state index is 0.0247. The molecule has 0 spiro atoms. The summed E-state index contributed by atoms with van der Waals surface area (Å²) in [5, 5.41) is 12.9. The predicted octanol–water partition coefficient (Wildman–Crippen LogP) is 1.45. The molecular formula is C15H22N2O2. The zero-order valence-electron chi connectivity index (χ0n) is 11.4. The monoisotopic (exact) mass is 262 g/mol. The van der Waals surface area contributed by atoms with E-state index in [2.05, 4.69) is 16.3 Å². The number of amides is 1. The van der Waals surface area contributed by atoms with E-state index in [1.165, 1.54) is 5.56 Å². The predicted molar refractivity (Wildman–Crippen MR) is 74.6 cm³/mol. The van der Waals surface area contributed by atoms with Crippen LogP contribution >= 0.6 is 0 Å². The standard InChI is InChI=1S/C15H22N2O2/c1-12(18)16-8-4-9-17-10-7-15(19)14-6-3-2-5-13(14)11-17/h2-3,5-6,15,19H,4,7-11H2,1H3,(H,16,18). The number of hydrogen-bond donors (Lipinski definition) is 2. The Bertz CT molecular complexity index is 434. The first-order valence-corrected chi connectivity index (χ1v) is 6.89. The van der Waals surface area contributed by atoms with Gasteiger partial charge in [-0.3, -0.25) is 9.69 Å². The van der Waals surface area contributed by atoms with Gasteiger partial charge in [-0.1, -0.05) is 24.3 Å². The molecule has 4 nitrogen and oxygen atoms in total. The molecule has 0 fully saturated rings. The number of rotatable bonds is 4. The molecule has 104 valence electrons. The molecule has 1 amide bonds. The van der Waals surface area contributed by atoms with Crippen molar-refractivity contribution in [3.05, 3.63) is 35.4 Å². The highest BCUT2D eigenvalue weighted by Crippen LogP contribution is 2.26. The van der Waals surface area contributed by atoms with Gasteiger partial charge >= 0.3 is 0 Å². The number of carbonyl (C=O) groups is 1. The molecular weight excluding hydrogens is 240 g/mol. The summed E-state index contributed by atoms with van der Waals surface area (Å²) in [6.45, 7) is 4.99. The Morgan fingerprint density at radius 2 is 2.26 bits per heavy atom. The van der Waals surface area contributed by atoms with Gasteiger partial charge in [0.05, 0.1) is 6.10 Å². The molecule has 1 aromatic carbocycles. The summed E-state index contributed by atoms with van der Waals surface area (Å²) in [5.41, 5.74) is 2.28. The van der Waals surface area contributed by atoms with Gasteiger partial charge in [-0.15, -0.1) is 0 Å². The Morgan fingerprint density at radius 3 is 3.05 bits per heavy atom. The number of hydrogen-bond acceptors (Lipinski definition) is 3. The fourth-order valence-corrected chi connectivity index (χ4v) is 2.54. The lowest BCUT2D eigenvalue weighted by Crippen LogP contribution is -2.29. The topological polar surface area (TPSA) is 52.6 Å². The molecule has 1 aromatic rings. The molecule has 0 aliphatic carbocycles. The first-order chi connectivity index (χ1) is 9.16. The molecule has 1 aliphatic heterocycles. The molecule has 2 rings (SSSR count). The van der Waals surface area contributed by atoms with Crippen LogP contribution in [0.1, 0.15) is 37.0 Å². The van der Waals surface area contributed by atoms with Gasteiger partial charge in [-0.2, -0.15) is 0 Å². The third-order valence-corrected chi connectivity index (χ3v) is 3.55. The quantitative estimate of drug-likeness (QED) is 0.808. The summed E-state index contributed by atoms with van der Waals surface area (Å²) < 4.78 is 0. The van der Waals surface area contributed by atoms with Crippen LogP contribution < -0.4 is 5.32 Å². The van der Waals surface area contributed by atoms with Crippen LogP contribution in [0.5, 0.6) is 0 Å². The number of aliphatic hydroxyl groups is 1. The zero-order chi connectivity index (χ0) is 13.7. The lowest BCUT2D eigenvalue weighted by Gasteiger charge is -2.20. The van der Waals surface area contributed by atoms with Gasteiger partial charge < -0.3 is 10.4 Å². The van der Waals surface area contributed by atoms with Crippen LogP contribution in [0.2, 0.25) is 0 Å². The molecule has 0 bridgehead atoms. The number of fused-ring (bicyclic) bond motifs is 1. The Morgan fingerprint density at radius 1 is 1.47 bits per heavy atom. The van der Waals surface area contributed by atoms with E-state index in [-0.39, 0.29) is 12.0 Å². The Balaban J connectivity index is 1.89. The van der Waals surface area contributed by atoms with Gasteiger partial charge in [0.25, 0.3) is 0 Å². The van der Waals surface area contributed by atoms with Crippen molar-refractivity contribution in [2.24, 2.45) is 0 Å². The van der Waals surface area contributed by atoms with Gasteiger partial charge in [0, 0.05) is 33.1 Å². The van der Waals surface area contributed by atoms with Gasteiger partial charge in [0.2, 0.25) is 5.91 Å². The van der Waals surface area contributed by atoms with E-state index in [0.29, 0.717) is 0 Å². The molecule has 4 heteroatoms. The third-order valence-electron chi connectivity index (χ3n) is 3.55. The summed E-state index contributed by atoms with van der Waals surface area (Å²) in [4.78, 5) is 13.1. The van der Waals surface area contributed by atoms with Crippen molar-refractivity contribution in [2.75, 3.05) is 19.6 Å². The number of benzene rings is 1. The van der Waals surface area contributed by atoms with Crippen molar-refractivity contribution in [1.82, 2.24) is 10.2 Å². The average Bonchev–Trinajstić information content (AvgIpc) is 2.55. The summed E-state index contributed by atoms with van der Waals surface area (Å²) in [6.07, 6.45) is 1.37. The van der Waals surface area contributed by atoms with Crippen LogP contribution in [0.15, 0.2) is 24.3 Å². The number of aliphatic hydroxyl groups excluding tert-OH is 1. The maximum Gasteiger partial charge on any atom is 0.216 e. The molecule has 0 saturated heterocycles. The minimum atomic E-state index is -0.350. The van der Waals surface area contributed by atoms with E-state index in [1.54, 1.807) is 6.92 Å². The maximum atomic E-state index is 10.8. The van der Waals surface area contributed by atoms with E-state index in [9.17, 15) is 9.90 Å². The van der Waals surface area contributed by atoms with Crippen LogP contribution in [0.3, 0.4) is 0 Å². The lowest BCUT2D eigenvalue weighted by atomic mass is 10.0. The minimum Gasteiger partial charge on any atom is -0.388 e. The van der Waals surface area contributed by atoms with Crippen LogP contribution in [-0.2, 0) is 11.3 Å². The largest absolute Gasteiger partial charge is 0.388 e. The first kappa shape index (κ1) is 14.0. The van der Waals surface area contributed by atoms with E-state index in [0.717, 1.165) is 44.6 Å². The highest BCUT2D eigenvalue weighted by Gasteiger charge is 2.19. The van der Waals surface area contributed by atoms with Crippen LogP contribution in [0.4, 0.5) is 0 Å². The molecule has 0 radical (unpaired) electrons. The maximum absolute atomic E-state index is 10.8. The van der Waals surface area contributed by atoms with Crippen molar-refractivity contribution in [1.29, 1.82) is 0 Å². The van der Waals surface area contributed by atoms with Crippen molar-refractivity contribution in [3.8, 4) is 0 Å². The second-order valence-electron chi connectivity index (χ2n) is 5.12. The second-order valence-corrected chi connectivity index (χ2v) is 5.12. The molecule has 0 saturated carbocycles. The fourth-order valence-electron chi connectivity index (χ4n) is 2.54. The normalized spacial score (nSPS) is 19.6. The second kappa shape index (κ2) is 6.68. The summed E-state index contributed by atoms with van der Waals surface area (Å²) >= 11 is 0. The highest BCUT2D eigenvalue weighted by atomic mass is 16.3. The van der Waals surface area contributed by atoms with Gasteiger partial charge in [-0.05, 0) is 24.0 Å². The highest BCUT2D eigenvalue weighted by molar-refractivity contribution is 5.72. The number of carbonyl (C=O) groups excluding carboxylic acids is 1. The van der Waals surface area contributed by atoms with Gasteiger partial charge in [0.15, 0.2) is 0 Å². The molecule has 1 atom stereocenters. The van der Waals surface area contributed by atoms with Gasteiger partial charge in [-0.25, -0.2) is 0 Å². The van der Waals surface area contributed by atoms with Crippen molar-refractivity contribution in [3.63, 3.8) is 0 Å². The summed E-state index contributed by atoms with van der Waals surface area (Å²) in [6, 6.07) is 8.10. The summed E-state index contributed by atoms with van der Waals surface area (Å²) in [7, 11) is 0. The first-order valence-electron chi connectivity index (χ1n) is 6.89. The zero-order valence-corrected chi connectivity index (χ0v) is 11.4. The molecule has 0 aromatic heterocycles. The molecule has 19 heavy (non-hydrogen) atoms. The van der Waals surface area contributed by atoms with E-state index >= 15 is 0 Å². The lowest BCUT2D eigenvalue weighted by molar-refractivity contribution is -0.118. The molecule has 1 aliphatic rings. The van der Waals surface area contributed by atoms with E-state index < -0.39 is 0 Å². The fraction of sp³-hybridized carbons (Fsp3) is 0.533. The van der Waals surface area contributed by atoms with Crippen LogP contribution in [0.25, 0.3) is 0 Å². The van der Waals surface area contributed by atoms with Crippen LogP contribution in [-0.4, -0.2) is 35.5 Å². The molecule has 2 N–H and O–H groups in total. The van der Waals surface area contributed by atoms with Gasteiger partial charge in [0.1, 0.15) is 0 Å². The van der Waals surface area contributed by atoms with Crippen molar-refractivity contribution in [2.45, 2.75) is 32.4 Å². The Labute approximate surface area is 114 Å². The Kier molecular flexibility index (Phi) is 4.93. The van der Waals surface area contributed by atoms with Crippen LogP contribution in [0, 0.1) is 0 Å².